The van der Waals surface area contributed by atoms with Gasteiger partial charge in [0.1, 0.15) is 18.2 Å². The van der Waals surface area contributed by atoms with Crippen molar-refractivity contribution in [1.29, 1.82) is 0 Å². The highest BCUT2D eigenvalue weighted by Gasteiger charge is 2.28. The summed E-state index contributed by atoms with van der Waals surface area (Å²) in [6.45, 7) is 1.68. The van der Waals surface area contributed by atoms with Crippen molar-refractivity contribution >= 4 is 29.3 Å². The summed E-state index contributed by atoms with van der Waals surface area (Å²) in [5.41, 5.74) is 1.64. The maximum Gasteiger partial charge on any atom is 0.313 e. The molecule has 0 saturated carbocycles. The quantitative estimate of drug-likeness (QED) is 0.841. The largest absolute Gasteiger partial charge is 0.492 e. The van der Waals surface area contributed by atoms with Crippen LogP contribution in [0.4, 0.5) is 5.82 Å². The summed E-state index contributed by atoms with van der Waals surface area (Å²) in [5.74, 6) is -0.0860. The van der Waals surface area contributed by atoms with Crippen LogP contribution in [-0.4, -0.2) is 34.9 Å². The highest BCUT2D eigenvalue weighted by molar-refractivity contribution is 6.30. The van der Waals surface area contributed by atoms with E-state index in [0.29, 0.717) is 17.3 Å². The van der Waals surface area contributed by atoms with Crippen LogP contribution in [0.15, 0.2) is 24.3 Å². The first kappa shape index (κ1) is 17.3. The fourth-order valence-corrected chi connectivity index (χ4v) is 2.87. The summed E-state index contributed by atoms with van der Waals surface area (Å²) in [4.78, 5) is 24.1. The van der Waals surface area contributed by atoms with Gasteiger partial charge in [0.15, 0.2) is 6.61 Å². The lowest BCUT2D eigenvalue weighted by molar-refractivity contribution is -0.152. The molecule has 1 aromatic heterocycles. The number of ether oxygens (including phenoxy) is 2. The van der Waals surface area contributed by atoms with Gasteiger partial charge >= 0.3 is 5.97 Å². The van der Waals surface area contributed by atoms with E-state index >= 15 is 0 Å². The highest BCUT2D eigenvalue weighted by atomic mass is 35.5. The van der Waals surface area contributed by atoms with Crippen LogP contribution in [-0.2, 0) is 27.8 Å². The zero-order valence-electron chi connectivity index (χ0n) is 13.9. The number of carbonyl (C=O) groups excluding carboxylic acids is 2. The van der Waals surface area contributed by atoms with Crippen molar-refractivity contribution in [3.05, 3.63) is 40.5 Å². The number of hydrogen-bond acceptors (Lipinski definition) is 5. The molecule has 1 atom stereocenters. The van der Waals surface area contributed by atoms with E-state index in [1.165, 1.54) is 0 Å². The average Bonchev–Trinajstić information content (AvgIpc) is 2.89. The van der Waals surface area contributed by atoms with Crippen molar-refractivity contribution in [2.24, 2.45) is 13.0 Å². The Morgan fingerprint density at radius 2 is 2.24 bits per heavy atom. The smallest absolute Gasteiger partial charge is 0.313 e. The van der Waals surface area contributed by atoms with Crippen molar-refractivity contribution in [2.45, 2.75) is 13.3 Å². The van der Waals surface area contributed by atoms with Crippen LogP contribution in [0.2, 0.25) is 5.02 Å². The fraction of sp³-hybridized carbons (Fsp3) is 0.353. The Balaban J connectivity index is 1.53. The second kappa shape index (κ2) is 7.14. The van der Waals surface area contributed by atoms with Crippen molar-refractivity contribution < 1.29 is 19.1 Å². The Labute approximate surface area is 149 Å². The molecule has 1 aliphatic rings. The molecule has 132 valence electrons. The molecule has 0 radical (unpaired) electrons. The third-order valence-corrected chi connectivity index (χ3v) is 4.11. The van der Waals surface area contributed by atoms with Gasteiger partial charge in [-0.1, -0.05) is 11.6 Å². The van der Waals surface area contributed by atoms with Crippen molar-refractivity contribution in [2.75, 3.05) is 18.5 Å². The molecule has 0 spiro atoms. The third kappa shape index (κ3) is 4.11. The maximum absolute atomic E-state index is 12.2. The van der Waals surface area contributed by atoms with Gasteiger partial charge in [-0.25, -0.2) is 0 Å². The number of nitrogens with zero attached hydrogens (tertiary/aromatic N) is 2. The molecule has 2 heterocycles. The first-order valence-electron chi connectivity index (χ1n) is 7.80. The van der Waals surface area contributed by atoms with Crippen LogP contribution in [0.5, 0.6) is 5.75 Å². The number of fused-ring (bicyclic) bond motifs is 1. The minimum atomic E-state index is -0.470. The summed E-state index contributed by atoms with van der Waals surface area (Å²) in [7, 11) is 1.72. The molecule has 1 aromatic carbocycles. The summed E-state index contributed by atoms with van der Waals surface area (Å²) >= 11 is 5.97. The average molecular weight is 364 g/mol. The second-order valence-corrected chi connectivity index (χ2v) is 6.35. The van der Waals surface area contributed by atoms with Gasteiger partial charge < -0.3 is 14.8 Å². The molecule has 7 nitrogen and oxygen atoms in total. The Kier molecular flexibility index (Phi) is 4.94. The standard InChI is InChI=1S/C17H18ClN3O4/c1-10-5-15(21(2)20-10)19-16(22)9-25-17(23)12-6-11-7-13(18)3-4-14(11)24-8-12/h3-5,7,12H,6,8-9H2,1-2H3,(H,19,22). The SMILES string of the molecule is Cc1cc(NC(=O)COC(=O)C2COc3ccc(Cl)cc3C2)n(C)n1. The summed E-state index contributed by atoms with van der Waals surface area (Å²) in [6, 6.07) is 7.02. The Morgan fingerprint density at radius 1 is 1.44 bits per heavy atom. The minimum absolute atomic E-state index is 0.218. The zero-order valence-corrected chi connectivity index (χ0v) is 14.7. The van der Waals surface area contributed by atoms with Gasteiger partial charge in [0.05, 0.1) is 11.6 Å². The van der Waals surface area contributed by atoms with Gasteiger partial charge in [-0.05, 0) is 37.1 Å². The van der Waals surface area contributed by atoms with Crippen molar-refractivity contribution in [3.8, 4) is 5.75 Å². The Morgan fingerprint density at radius 3 is 2.96 bits per heavy atom. The first-order chi connectivity index (χ1) is 11.9. The van der Waals surface area contributed by atoms with E-state index in [4.69, 9.17) is 21.1 Å². The number of rotatable bonds is 4. The van der Waals surface area contributed by atoms with Gasteiger partial charge in [-0.3, -0.25) is 14.3 Å². The Bertz CT molecular complexity index is 818. The molecule has 1 amide bonds. The van der Waals surface area contributed by atoms with Crippen LogP contribution in [0.1, 0.15) is 11.3 Å². The van der Waals surface area contributed by atoms with E-state index in [0.717, 1.165) is 17.0 Å². The summed E-state index contributed by atoms with van der Waals surface area (Å²) in [6.07, 6.45) is 0.470. The predicted molar refractivity (Wildman–Crippen MR) is 91.7 cm³/mol. The first-order valence-corrected chi connectivity index (χ1v) is 8.18. The highest BCUT2D eigenvalue weighted by Crippen LogP contribution is 2.30. The predicted octanol–water partition coefficient (Wildman–Crippen LogP) is 2.11. The van der Waals surface area contributed by atoms with Crippen molar-refractivity contribution in [3.63, 3.8) is 0 Å². The number of amides is 1. The molecule has 25 heavy (non-hydrogen) atoms. The van der Waals surface area contributed by atoms with Gasteiger partial charge in [-0.15, -0.1) is 0 Å². The number of aromatic nitrogens is 2. The second-order valence-electron chi connectivity index (χ2n) is 5.91. The summed E-state index contributed by atoms with van der Waals surface area (Å²) in [5, 5.41) is 7.36. The van der Waals surface area contributed by atoms with E-state index in [2.05, 4.69) is 10.4 Å². The molecule has 3 rings (SSSR count). The van der Waals surface area contributed by atoms with Gasteiger partial charge in [-0.2, -0.15) is 5.10 Å². The minimum Gasteiger partial charge on any atom is -0.492 e. The lowest BCUT2D eigenvalue weighted by Gasteiger charge is -2.24. The molecular formula is C17H18ClN3O4. The number of halogens is 1. The fourth-order valence-electron chi connectivity index (χ4n) is 2.68. The lowest BCUT2D eigenvalue weighted by atomic mass is 9.97. The van der Waals surface area contributed by atoms with E-state index in [-0.39, 0.29) is 13.2 Å². The lowest BCUT2D eigenvalue weighted by Crippen LogP contribution is -2.32. The molecular weight excluding hydrogens is 346 g/mol. The molecule has 0 saturated heterocycles. The monoisotopic (exact) mass is 363 g/mol. The van der Waals surface area contributed by atoms with Gasteiger partial charge in [0.25, 0.3) is 5.91 Å². The molecule has 1 aliphatic heterocycles. The summed E-state index contributed by atoms with van der Waals surface area (Å²) < 4.78 is 12.2. The van der Waals surface area contributed by atoms with Crippen LogP contribution in [0.3, 0.4) is 0 Å². The molecule has 0 bridgehead atoms. The van der Waals surface area contributed by atoms with Crippen LogP contribution in [0.25, 0.3) is 0 Å². The topological polar surface area (TPSA) is 82.5 Å². The number of aryl methyl sites for hydroxylation is 2. The van der Waals surface area contributed by atoms with Gasteiger partial charge in [0, 0.05) is 18.1 Å². The van der Waals surface area contributed by atoms with E-state index < -0.39 is 17.8 Å². The van der Waals surface area contributed by atoms with Crippen molar-refractivity contribution in [1.82, 2.24) is 9.78 Å². The number of carbonyl (C=O) groups is 2. The number of anilines is 1. The molecule has 1 N–H and O–H groups in total. The maximum atomic E-state index is 12.2. The number of hydrogen-bond donors (Lipinski definition) is 1. The number of benzene rings is 1. The number of nitrogens with one attached hydrogen (secondary N) is 1. The molecule has 8 heteroatoms. The van der Waals surface area contributed by atoms with E-state index in [1.54, 1.807) is 36.0 Å². The molecule has 1 unspecified atom stereocenters. The molecule has 0 aliphatic carbocycles. The van der Waals surface area contributed by atoms with Crippen LogP contribution >= 0.6 is 11.6 Å². The van der Waals surface area contributed by atoms with Crippen LogP contribution < -0.4 is 10.1 Å². The van der Waals surface area contributed by atoms with Crippen LogP contribution in [0, 0.1) is 12.8 Å². The number of esters is 1. The molecule has 0 fully saturated rings. The third-order valence-electron chi connectivity index (χ3n) is 3.88. The Hall–Kier alpha value is -2.54. The van der Waals surface area contributed by atoms with E-state index in [1.807, 2.05) is 6.92 Å². The van der Waals surface area contributed by atoms with Gasteiger partial charge in [0.2, 0.25) is 0 Å². The zero-order chi connectivity index (χ0) is 18.0. The molecule has 2 aromatic rings. The van der Waals surface area contributed by atoms with E-state index in [9.17, 15) is 9.59 Å². The normalized spacial score (nSPS) is 15.9.